The molecule has 1 unspecified atom stereocenters. The number of carbonyl (C=O) groups excluding carboxylic acids is 1. The third-order valence-corrected chi connectivity index (χ3v) is 6.36. The van der Waals surface area contributed by atoms with E-state index in [9.17, 15) is 13.2 Å². The van der Waals surface area contributed by atoms with Gasteiger partial charge in [-0.25, -0.2) is 8.42 Å². The Bertz CT molecular complexity index is 856. The molecule has 2 aromatic rings. The maximum atomic E-state index is 12.9. The fourth-order valence-electron chi connectivity index (χ4n) is 2.97. The number of amides is 1. The zero-order valence-electron chi connectivity index (χ0n) is 13.6. The molecular weight excluding hydrogens is 360 g/mol. The first kappa shape index (κ1) is 17.9. The fourth-order valence-corrected chi connectivity index (χ4v) is 4.84. The van der Waals surface area contributed by atoms with Crippen LogP contribution in [0, 0.1) is 0 Å². The lowest BCUT2D eigenvalue weighted by Gasteiger charge is -2.33. The van der Waals surface area contributed by atoms with Gasteiger partial charge < -0.3 is 5.32 Å². The van der Waals surface area contributed by atoms with Crippen molar-refractivity contribution < 1.29 is 13.2 Å². The molecule has 0 spiro atoms. The van der Waals surface area contributed by atoms with Gasteiger partial charge in [-0.3, -0.25) is 4.79 Å². The second kappa shape index (κ2) is 7.56. The monoisotopic (exact) mass is 378 g/mol. The van der Waals surface area contributed by atoms with Crippen LogP contribution < -0.4 is 5.32 Å². The number of sulfonamides is 1. The molecule has 1 N–H and O–H groups in total. The Hall–Kier alpha value is -1.89. The minimum absolute atomic E-state index is 0.206. The van der Waals surface area contributed by atoms with E-state index in [1.165, 1.54) is 4.31 Å². The Morgan fingerprint density at radius 2 is 1.84 bits per heavy atom. The fraction of sp³-hybridized carbons (Fsp3) is 0.278. The van der Waals surface area contributed by atoms with Crippen LogP contribution in [0.5, 0.6) is 0 Å². The van der Waals surface area contributed by atoms with Crippen LogP contribution in [0.3, 0.4) is 0 Å². The summed E-state index contributed by atoms with van der Waals surface area (Å²) in [5.41, 5.74) is 0.556. The maximum absolute atomic E-state index is 12.9. The number of hydrogen-bond acceptors (Lipinski definition) is 3. The van der Waals surface area contributed by atoms with Crippen LogP contribution >= 0.6 is 11.6 Å². The van der Waals surface area contributed by atoms with Gasteiger partial charge in [-0.2, -0.15) is 4.31 Å². The summed E-state index contributed by atoms with van der Waals surface area (Å²) in [6.07, 6.45) is 2.06. The molecule has 25 heavy (non-hydrogen) atoms. The van der Waals surface area contributed by atoms with E-state index in [1.807, 2.05) is 0 Å². The van der Waals surface area contributed by atoms with Crippen molar-refractivity contribution in [1.82, 2.24) is 4.31 Å². The highest BCUT2D eigenvalue weighted by Gasteiger charge is 2.37. The Labute approximate surface area is 152 Å². The minimum Gasteiger partial charge on any atom is -0.325 e. The predicted octanol–water partition coefficient (Wildman–Crippen LogP) is 3.52. The number of benzene rings is 2. The molecule has 1 amide bonds. The normalized spacial score (nSPS) is 18.7. The van der Waals surface area contributed by atoms with Crippen LogP contribution in [0.4, 0.5) is 5.69 Å². The Morgan fingerprint density at radius 3 is 2.56 bits per heavy atom. The Morgan fingerprint density at radius 1 is 1.08 bits per heavy atom. The Kier molecular flexibility index (Phi) is 5.42. The summed E-state index contributed by atoms with van der Waals surface area (Å²) in [6.45, 7) is 0.338. The van der Waals surface area contributed by atoms with E-state index in [4.69, 9.17) is 11.6 Å². The van der Waals surface area contributed by atoms with E-state index < -0.39 is 16.1 Å². The van der Waals surface area contributed by atoms with Gasteiger partial charge in [0, 0.05) is 17.3 Å². The molecule has 0 bridgehead atoms. The number of halogens is 1. The molecule has 0 saturated carbocycles. The quantitative estimate of drug-likeness (QED) is 0.885. The number of hydrogen-bond donors (Lipinski definition) is 1. The van der Waals surface area contributed by atoms with Crippen molar-refractivity contribution in [2.24, 2.45) is 0 Å². The molecule has 0 aliphatic carbocycles. The van der Waals surface area contributed by atoms with Crippen molar-refractivity contribution in [2.45, 2.75) is 30.2 Å². The van der Waals surface area contributed by atoms with Crippen LogP contribution in [0.15, 0.2) is 59.5 Å². The van der Waals surface area contributed by atoms with Gasteiger partial charge in [0.25, 0.3) is 0 Å². The summed E-state index contributed by atoms with van der Waals surface area (Å²) in [6, 6.07) is 14.3. The first-order valence-electron chi connectivity index (χ1n) is 8.12. The third kappa shape index (κ3) is 4.03. The van der Waals surface area contributed by atoms with E-state index >= 15 is 0 Å². The van der Waals surface area contributed by atoms with Gasteiger partial charge in [0.1, 0.15) is 6.04 Å². The van der Waals surface area contributed by atoms with E-state index in [2.05, 4.69) is 5.32 Å². The second-order valence-electron chi connectivity index (χ2n) is 5.94. The summed E-state index contributed by atoms with van der Waals surface area (Å²) in [4.78, 5) is 12.9. The molecule has 3 rings (SSSR count). The molecule has 0 aromatic heterocycles. The summed E-state index contributed by atoms with van der Waals surface area (Å²) in [5.74, 6) is -0.332. The first-order chi connectivity index (χ1) is 12.0. The number of rotatable bonds is 4. The smallest absolute Gasteiger partial charge is 0.243 e. The molecule has 1 fully saturated rings. The van der Waals surface area contributed by atoms with Gasteiger partial charge in [-0.1, -0.05) is 42.3 Å². The van der Waals surface area contributed by atoms with Gasteiger partial charge in [-0.05, 0) is 43.2 Å². The van der Waals surface area contributed by atoms with Crippen molar-refractivity contribution in [2.75, 3.05) is 11.9 Å². The highest BCUT2D eigenvalue weighted by Crippen LogP contribution is 2.26. The summed E-state index contributed by atoms with van der Waals surface area (Å²) in [7, 11) is -3.71. The highest BCUT2D eigenvalue weighted by atomic mass is 35.5. The highest BCUT2D eigenvalue weighted by molar-refractivity contribution is 7.89. The predicted molar refractivity (Wildman–Crippen MR) is 98.1 cm³/mol. The molecule has 1 saturated heterocycles. The molecule has 5 nitrogen and oxygen atoms in total. The van der Waals surface area contributed by atoms with Crippen molar-refractivity contribution in [1.29, 1.82) is 0 Å². The van der Waals surface area contributed by atoms with Gasteiger partial charge >= 0.3 is 0 Å². The van der Waals surface area contributed by atoms with Crippen LogP contribution in [0.25, 0.3) is 0 Å². The van der Waals surface area contributed by atoms with Crippen molar-refractivity contribution in [3.63, 3.8) is 0 Å². The topological polar surface area (TPSA) is 66.5 Å². The van der Waals surface area contributed by atoms with E-state index in [-0.39, 0.29) is 10.8 Å². The van der Waals surface area contributed by atoms with Crippen molar-refractivity contribution in [3.05, 3.63) is 59.6 Å². The Balaban J connectivity index is 1.84. The number of piperidine rings is 1. The van der Waals surface area contributed by atoms with E-state index in [0.29, 0.717) is 23.7 Å². The van der Waals surface area contributed by atoms with Crippen LogP contribution in [0.2, 0.25) is 5.02 Å². The minimum atomic E-state index is -3.71. The lowest BCUT2D eigenvalue weighted by Crippen LogP contribution is -2.49. The molecule has 7 heteroatoms. The van der Waals surface area contributed by atoms with Gasteiger partial charge in [0.2, 0.25) is 15.9 Å². The largest absolute Gasteiger partial charge is 0.325 e. The number of anilines is 1. The van der Waals surface area contributed by atoms with E-state index in [1.54, 1.807) is 54.6 Å². The molecule has 1 aliphatic heterocycles. The molecule has 1 aliphatic rings. The summed E-state index contributed by atoms with van der Waals surface area (Å²) in [5, 5.41) is 3.29. The zero-order valence-corrected chi connectivity index (χ0v) is 15.1. The van der Waals surface area contributed by atoms with Crippen LogP contribution in [-0.2, 0) is 14.8 Å². The van der Waals surface area contributed by atoms with Crippen LogP contribution in [0.1, 0.15) is 19.3 Å². The SMILES string of the molecule is O=C(Nc1cccc(Cl)c1)C1CCCCN1S(=O)(=O)c1ccccc1. The van der Waals surface area contributed by atoms with Gasteiger partial charge in [0.05, 0.1) is 4.90 Å². The van der Waals surface area contributed by atoms with Gasteiger partial charge in [0.15, 0.2) is 0 Å². The average molecular weight is 379 g/mol. The van der Waals surface area contributed by atoms with Gasteiger partial charge in [-0.15, -0.1) is 0 Å². The summed E-state index contributed by atoms with van der Waals surface area (Å²) < 4.78 is 27.2. The van der Waals surface area contributed by atoms with Crippen molar-refractivity contribution >= 4 is 33.2 Å². The van der Waals surface area contributed by atoms with Crippen LogP contribution in [-0.4, -0.2) is 31.2 Å². The number of nitrogens with one attached hydrogen (secondary N) is 1. The molecule has 2 aromatic carbocycles. The number of carbonyl (C=O) groups is 1. The number of nitrogens with zero attached hydrogens (tertiary/aromatic N) is 1. The zero-order chi connectivity index (χ0) is 17.9. The molecule has 1 atom stereocenters. The lowest BCUT2D eigenvalue weighted by atomic mass is 10.0. The second-order valence-corrected chi connectivity index (χ2v) is 8.27. The maximum Gasteiger partial charge on any atom is 0.243 e. The standard InChI is InChI=1S/C18H19ClN2O3S/c19-14-7-6-8-15(13-14)20-18(22)17-11-4-5-12-21(17)25(23,24)16-9-2-1-3-10-16/h1-3,6-10,13,17H,4-5,11-12H2,(H,20,22). The molecule has 132 valence electrons. The van der Waals surface area contributed by atoms with E-state index in [0.717, 1.165) is 12.8 Å². The average Bonchev–Trinajstić information content (AvgIpc) is 2.62. The molecular formula is C18H19ClN2O3S. The van der Waals surface area contributed by atoms with Crippen molar-refractivity contribution in [3.8, 4) is 0 Å². The lowest BCUT2D eigenvalue weighted by molar-refractivity contribution is -0.120. The molecule has 1 heterocycles. The first-order valence-corrected chi connectivity index (χ1v) is 9.93. The summed E-state index contributed by atoms with van der Waals surface area (Å²) >= 11 is 5.94. The molecule has 0 radical (unpaired) electrons. The third-order valence-electron chi connectivity index (χ3n) is 4.20.